The predicted octanol–water partition coefficient (Wildman–Crippen LogP) is 2.22. The van der Waals surface area contributed by atoms with Gasteiger partial charge in [-0.05, 0) is 0 Å². The molecule has 0 amide bonds. The smallest absolute Gasteiger partial charge is 0.163 e. The third kappa shape index (κ3) is 4.93. The molecule has 0 aliphatic carbocycles. The molecule has 4 heteroatoms. The Morgan fingerprint density at radius 1 is 2.00 bits per heavy atom. The van der Waals surface area contributed by atoms with Crippen LogP contribution >= 0.6 is 17.8 Å². The predicted molar refractivity (Wildman–Crippen MR) is 34.9 cm³/mol. The van der Waals surface area contributed by atoms with Gasteiger partial charge in [0.2, 0.25) is 0 Å². The molecule has 0 bridgehead atoms. The molecule has 0 rings (SSSR count). The summed E-state index contributed by atoms with van der Waals surface area (Å²) in [7, 11) is 0. The van der Waals surface area contributed by atoms with E-state index in [1.807, 2.05) is 0 Å². The highest BCUT2D eigenvalue weighted by molar-refractivity contribution is 8.61. The van der Waals surface area contributed by atoms with Crippen LogP contribution in [0.4, 0.5) is 4.20 Å². The third-order valence-electron chi connectivity index (χ3n) is 0.390. The zero-order valence-corrected chi connectivity index (χ0v) is 5.99. The molecule has 38 valence electrons. The van der Waals surface area contributed by atoms with Gasteiger partial charge in [-0.25, -0.2) is 4.20 Å². The summed E-state index contributed by atoms with van der Waals surface area (Å²) in [5, 5.41) is 0. The highest BCUT2D eigenvalue weighted by Crippen LogP contribution is 2.51. The number of hydrogen-bond donors (Lipinski definition) is 1. The van der Waals surface area contributed by atoms with Gasteiger partial charge in [-0.15, -0.1) is 12.2 Å². The van der Waals surface area contributed by atoms with E-state index in [2.05, 4.69) is 24.1 Å². The van der Waals surface area contributed by atoms with Crippen LogP contribution in [0.1, 0.15) is 6.92 Å². The Morgan fingerprint density at radius 2 is 2.17 bits per heavy atom. The maximum atomic E-state index is 11.9. The van der Waals surface area contributed by atoms with Gasteiger partial charge < -0.3 is 0 Å². The molecular formula is C2H6FPS2. The summed E-state index contributed by atoms with van der Waals surface area (Å²) in [6.07, 6.45) is 0.394. The molecule has 0 spiro atoms. The third-order valence-corrected chi connectivity index (χ3v) is 2.79. The molecule has 0 N–H and O–H groups in total. The van der Waals surface area contributed by atoms with Crippen LogP contribution in [0.15, 0.2) is 0 Å². The Labute approximate surface area is 47.4 Å². The molecule has 0 fully saturated rings. The van der Waals surface area contributed by atoms with Gasteiger partial charge in [0, 0.05) is 6.16 Å². The van der Waals surface area contributed by atoms with E-state index in [1.165, 1.54) is 0 Å². The van der Waals surface area contributed by atoms with Crippen LogP contribution in [0.25, 0.3) is 0 Å². The second-order valence-corrected chi connectivity index (χ2v) is 7.25. The zero-order chi connectivity index (χ0) is 5.21. The molecule has 6 heavy (non-hydrogen) atoms. The van der Waals surface area contributed by atoms with E-state index < -0.39 is 5.55 Å². The number of thiol groups is 1. The van der Waals surface area contributed by atoms with Crippen molar-refractivity contribution in [3.8, 4) is 0 Å². The van der Waals surface area contributed by atoms with Crippen molar-refractivity contribution in [2.75, 3.05) is 6.16 Å². The Balaban J connectivity index is 3.48. The van der Waals surface area contributed by atoms with Crippen LogP contribution in [0.3, 0.4) is 0 Å². The number of rotatable bonds is 1. The van der Waals surface area contributed by atoms with Gasteiger partial charge in [0.15, 0.2) is 5.55 Å². The van der Waals surface area contributed by atoms with Crippen molar-refractivity contribution in [3.63, 3.8) is 0 Å². The fraction of sp³-hybridized carbons (Fsp3) is 1.00. The van der Waals surface area contributed by atoms with E-state index in [0.29, 0.717) is 6.16 Å². The van der Waals surface area contributed by atoms with Crippen LogP contribution < -0.4 is 0 Å². The first-order chi connectivity index (χ1) is 2.56. The Hall–Kier alpha value is 0.930. The molecule has 0 aliphatic heterocycles. The van der Waals surface area contributed by atoms with E-state index in [9.17, 15) is 4.20 Å². The Morgan fingerprint density at radius 3 is 2.17 bits per heavy atom. The standard InChI is InChI=1S/C2H6FPS2/c1-2-4(3,5)6/h2H2,1H3,(H,5,6). The van der Waals surface area contributed by atoms with Gasteiger partial charge in [0.1, 0.15) is 0 Å². The van der Waals surface area contributed by atoms with Crippen LogP contribution in [0.5, 0.6) is 0 Å². The number of halogens is 1. The SMILES string of the molecule is CCP(F)(=S)S. The average Bonchev–Trinajstić information content (AvgIpc) is 1.35. The lowest BCUT2D eigenvalue weighted by Crippen LogP contribution is -1.60. The lowest BCUT2D eigenvalue weighted by atomic mass is 11.0. The van der Waals surface area contributed by atoms with Gasteiger partial charge in [0.25, 0.3) is 0 Å². The molecule has 0 nitrogen and oxygen atoms in total. The Kier molecular flexibility index (Phi) is 2.65. The van der Waals surface area contributed by atoms with E-state index >= 15 is 0 Å². The second kappa shape index (κ2) is 2.29. The molecule has 0 aromatic carbocycles. The van der Waals surface area contributed by atoms with Crippen LogP contribution in [0, 0.1) is 0 Å². The summed E-state index contributed by atoms with van der Waals surface area (Å²) in [4.78, 5) is 0. The first-order valence-corrected chi connectivity index (χ1v) is 5.61. The van der Waals surface area contributed by atoms with Crippen molar-refractivity contribution < 1.29 is 4.20 Å². The van der Waals surface area contributed by atoms with Crippen molar-refractivity contribution >= 4 is 29.6 Å². The monoisotopic (exact) mass is 144 g/mol. The van der Waals surface area contributed by atoms with E-state index in [4.69, 9.17) is 0 Å². The zero-order valence-electron chi connectivity index (χ0n) is 3.39. The maximum Gasteiger partial charge on any atom is 0.163 e. The molecule has 0 aromatic heterocycles. The normalized spacial score (nSPS) is 19.8. The fourth-order valence-electron chi connectivity index (χ4n) is 0. The van der Waals surface area contributed by atoms with Crippen molar-refractivity contribution in [3.05, 3.63) is 0 Å². The van der Waals surface area contributed by atoms with Crippen LogP contribution in [0.2, 0.25) is 0 Å². The molecule has 0 radical (unpaired) electrons. The fourth-order valence-corrected chi connectivity index (χ4v) is 0. The molecule has 1 unspecified atom stereocenters. The van der Waals surface area contributed by atoms with Gasteiger partial charge in [-0.3, -0.25) is 0 Å². The minimum atomic E-state index is -2.62. The minimum absolute atomic E-state index is 0.394. The second-order valence-electron chi connectivity index (χ2n) is 0.933. The summed E-state index contributed by atoms with van der Waals surface area (Å²) in [5.41, 5.74) is -2.62. The quantitative estimate of drug-likeness (QED) is 0.435. The molecule has 1 atom stereocenters. The van der Waals surface area contributed by atoms with Gasteiger partial charge >= 0.3 is 0 Å². The largest absolute Gasteiger partial charge is 0.207 e. The topological polar surface area (TPSA) is 0 Å². The molecular weight excluding hydrogens is 138 g/mol. The van der Waals surface area contributed by atoms with Crippen molar-refractivity contribution in [2.24, 2.45) is 0 Å². The first kappa shape index (κ1) is 6.93. The molecule has 0 saturated carbocycles. The minimum Gasteiger partial charge on any atom is -0.207 e. The summed E-state index contributed by atoms with van der Waals surface area (Å²) < 4.78 is 11.9. The number of hydrogen-bond acceptors (Lipinski definition) is 1. The van der Waals surface area contributed by atoms with Gasteiger partial charge in [-0.1, -0.05) is 18.7 Å². The first-order valence-electron chi connectivity index (χ1n) is 1.57. The van der Waals surface area contributed by atoms with Crippen LogP contribution in [-0.4, -0.2) is 6.16 Å². The molecule has 0 saturated heterocycles. The highest BCUT2D eigenvalue weighted by Gasteiger charge is 2.00. The lowest BCUT2D eigenvalue weighted by Gasteiger charge is -1.93. The van der Waals surface area contributed by atoms with Crippen LogP contribution in [-0.2, 0) is 11.8 Å². The summed E-state index contributed by atoms with van der Waals surface area (Å²) >= 11 is 7.81. The lowest BCUT2D eigenvalue weighted by molar-refractivity contribution is 0.907. The summed E-state index contributed by atoms with van der Waals surface area (Å²) in [5.74, 6) is 0. The Bertz CT molecular complexity index is 75.6. The summed E-state index contributed by atoms with van der Waals surface area (Å²) in [6.45, 7) is 1.70. The van der Waals surface area contributed by atoms with E-state index in [0.717, 1.165) is 0 Å². The molecule has 0 heterocycles. The molecule has 0 aromatic rings. The van der Waals surface area contributed by atoms with Gasteiger partial charge in [-0.2, -0.15) is 0 Å². The molecule has 0 aliphatic rings. The average molecular weight is 144 g/mol. The highest BCUT2D eigenvalue weighted by atomic mass is 32.9. The van der Waals surface area contributed by atoms with E-state index in [-0.39, 0.29) is 0 Å². The van der Waals surface area contributed by atoms with Crippen molar-refractivity contribution in [1.82, 2.24) is 0 Å². The summed E-state index contributed by atoms with van der Waals surface area (Å²) in [6, 6.07) is 0. The van der Waals surface area contributed by atoms with Crippen molar-refractivity contribution in [2.45, 2.75) is 6.92 Å². The van der Waals surface area contributed by atoms with Gasteiger partial charge in [0.05, 0.1) is 0 Å². The van der Waals surface area contributed by atoms with Crippen molar-refractivity contribution in [1.29, 1.82) is 0 Å². The van der Waals surface area contributed by atoms with E-state index in [1.54, 1.807) is 6.92 Å². The maximum absolute atomic E-state index is 11.9.